The second kappa shape index (κ2) is 5.75. The Balaban J connectivity index is 1.61. The number of aromatic nitrogens is 6. The molecule has 0 saturated carbocycles. The van der Waals surface area contributed by atoms with Gasteiger partial charge in [0.15, 0.2) is 5.82 Å². The number of nitrogens with zero attached hydrogens (tertiary/aromatic N) is 6. The fraction of sp³-hybridized carbons (Fsp3) is 0.312. The molecule has 1 aliphatic rings. The predicted molar refractivity (Wildman–Crippen MR) is 85.7 cm³/mol. The van der Waals surface area contributed by atoms with Gasteiger partial charge in [-0.15, -0.1) is 0 Å². The summed E-state index contributed by atoms with van der Waals surface area (Å²) in [6, 6.07) is 2.16. The number of aromatic amines is 1. The van der Waals surface area contributed by atoms with E-state index in [9.17, 15) is 0 Å². The van der Waals surface area contributed by atoms with Gasteiger partial charge in [-0.25, -0.2) is 19.9 Å². The van der Waals surface area contributed by atoms with Gasteiger partial charge >= 0.3 is 0 Å². The topological polar surface area (TPSA) is 83.5 Å². The third-order valence-corrected chi connectivity index (χ3v) is 4.06. The third-order valence-electron chi connectivity index (χ3n) is 4.06. The zero-order valence-corrected chi connectivity index (χ0v) is 12.8. The van der Waals surface area contributed by atoms with Crippen molar-refractivity contribution in [1.29, 1.82) is 0 Å². The second-order valence-electron chi connectivity index (χ2n) is 5.58. The molecule has 1 aliphatic heterocycles. The minimum absolute atomic E-state index is 0.211. The third kappa shape index (κ3) is 2.65. The first kappa shape index (κ1) is 13.8. The molecular formula is C16H17N7. The molecule has 116 valence electrons. The van der Waals surface area contributed by atoms with Crippen molar-refractivity contribution in [3.8, 4) is 11.5 Å². The lowest BCUT2D eigenvalue weighted by Crippen LogP contribution is -2.24. The average Bonchev–Trinajstić information content (AvgIpc) is 3.27. The Bertz CT molecular complexity index is 782. The van der Waals surface area contributed by atoms with Crippen molar-refractivity contribution >= 4 is 5.82 Å². The number of aryl methyl sites for hydroxylation is 1. The first-order chi connectivity index (χ1) is 11.3. The SMILES string of the molecule is Cc1nccc(N2CCCC2c2cnc(-c3ncc[nH]3)cn2)n1. The first-order valence-corrected chi connectivity index (χ1v) is 7.69. The van der Waals surface area contributed by atoms with E-state index < -0.39 is 0 Å². The molecule has 1 atom stereocenters. The highest BCUT2D eigenvalue weighted by Gasteiger charge is 2.28. The lowest BCUT2D eigenvalue weighted by atomic mass is 10.1. The van der Waals surface area contributed by atoms with Crippen molar-refractivity contribution in [3.05, 3.63) is 48.6 Å². The Morgan fingerprint density at radius 1 is 1.13 bits per heavy atom. The van der Waals surface area contributed by atoms with Crippen LogP contribution in [0.1, 0.15) is 30.4 Å². The van der Waals surface area contributed by atoms with Gasteiger partial charge in [-0.2, -0.15) is 0 Å². The van der Waals surface area contributed by atoms with Gasteiger partial charge in [0.2, 0.25) is 0 Å². The highest BCUT2D eigenvalue weighted by molar-refractivity contribution is 5.47. The molecule has 0 spiro atoms. The Morgan fingerprint density at radius 2 is 2.09 bits per heavy atom. The number of H-pyrrole nitrogens is 1. The van der Waals surface area contributed by atoms with Crippen LogP contribution < -0.4 is 4.90 Å². The van der Waals surface area contributed by atoms with E-state index in [1.54, 1.807) is 24.8 Å². The summed E-state index contributed by atoms with van der Waals surface area (Å²) in [6.07, 6.45) is 11.1. The molecule has 3 aromatic heterocycles. The maximum Gasteiger partial charge on any atom is 0.157 e. The van der Waals surface area contributed by atoms with E-state index in [-0.39, 0.29) is 6.04 Å². The van der Waals surface area contributed by atoms with Gasteiger partial charge in [-0.05, 0) is 25.8 Å². The number of hydrogen-bond donors (Lipinski definition) is 1. The van der Waals surface area contributed by atoms with Crippen LogP contribution in [0.3, 0.4) is 0 Å². The molecule has 4 heterocycles. The molecule has 0 aromatic carbocycles. The van der Waals surface area contributed by atoms with E-state index in [1.807, 2.05) is 19.2 Å². The highest BCUT2D eigenvalue weighted by Crippen LogP contribution is 2.34. The van der Waals surface area contributed by atoms with Crippen LogP contribution in [0.4, 0.5) is 5.82 Å². The largest absolute Gasteiger partial charge is 0.348 e. The van der Waals surface area contributed by atoms with Crippen LogP contribution >= 0.6 is 0 Å². The molecule has 1 unspecified atom stereocenters. The summed E-state index contributed by atoms with van der Waals surface area (Å²) >= 11 is 0. The lowest BCUT2D eigenvalue weighted by Gasteiger charge is -2.25. The first-order valence-electron chi connectivity index (χ1n) is 7.69. The van der Waals surface area contributed by atoms with Crippen LogP contribution in [-0.4, -0.2) is 36.4 Å². The predicted octanol–water partition coefficient (Wildman–Crippen LogP) is 2.31. The van der Waals surface area contributed by atoms with Crippen molar-refractivity contribution in [2.75, 3.05) is 11.4 Å². The summed E-state index contributed by atoms with van der Waals surface area (Å²) in [6.45, 7) is 2.88. The Hall–Kier alpha value is -2.83. The van der Waals surface area contributed by atoms with E-state index >= 15 is 0 Å². The van der Waals surface area contributed by atoms with E-state index in [1.165, 1.54) is 0 Å². The van der Waals surface area contributed by atoms with Gasteiger partial charge in [0.1, 0.15) is 17.3 Å². The fourth-order valence-electron chi connectivity index (χ4n) is 2.99. The van der Waals surface area contributed by atoms with Crippen LogP contribution in [0.5, 0.6) is 0 Å². The molecule has 1 fully saturated rings. The summed E-state index contributed by atoms with van der Waals surface area (Å²) in [5.74, 6) is 2.48. The smallest absolute Gasteiger partial charge is 0.157 e. The molecular weight excluding hydrogens is 290 g/mol. The van der Waals surface area contributed by atoms with Crippen LogP contribution in [0.2, 0.25) is 0 Å². The maximum absolute atomic E-state index is 4.61. The van der Waals surface area contributed by atoms with Crippen molar-refractivity contribution in [2.24, 2.45) is 0 Å². The molecule has 0 amide bonds. The Labute approximate surface area is 133 Å². The average molecular weight is 307 g/mol. The zero-order valence-electron chi connectivity index (χ0n) is 12.8. The van der Waals surface area contributed by atoms with E-state index in [0.29, 0.717) is 0 Å². The van der Waals surface area contributed by atoms with Crippen LogP contribution in [-0.2, 0) is 0 Å². The quantitative estimate of drug-likeness (QED) is 0.799. The van der Waals surface area contributed by atoms with Gasteiger partial charge in [0, 0.05) is 25.1 Å². The van der Waals surface area contributed by atoms with E-state index in [0.717, 1.165) is 48.2 Å². The molecule has 0 bridgehead atoms. The number of rotatable bonds is 3. The van der Waals surface area contributed by atoms with Gasteiger partial charge in [0.05, 0.1) is 24.1 Å². The maximum atomic E-state index is 4.61. The summed E-state index contributed by atoms with van der Waals surface area (Å²) in [7, 11) is 0. The van der Waals surface area contributed by atoms with Crippen molar-refractivity contribution in [1.82, 2.24) is 29.9 Å². The summed E-state index contributed by atoms with van der Waals surface area (Å²) in [5, 5.41) is 0. The Kier molecular flexibility index (Phi) is 3.45. The summed E-state index contributed by atoms with van der Waals surface area (Å²) < 4.78 is 0. The highest BCUT2D eigenvalue weighted by atomic mass is 15.2. The van der Waals surface area contributed by atoms with Crippen molar-refractivity contribution in [2.45, 2.75) is 25.8 Å². The number of nitrogens with one attached hydrogen (secondary N) is 1. The number of hydrogen-bond acceptors (Lipinski definition) is 6. The van der Waals surface area contributed by atoms with Crippen molar-refractivity contribution < 1.29 is 0 Å². The van der Waals surface area contributed by atoms with Crippen LogP contribution in [0.15, 0.2) is 37.1 Å². The molecule has 4 rings (SSSR count). The lowest BCUT2D eigenvalue weighted by molar-refractivity contribution is 0.681. The monoisotopic (exact) mass is 307 g/mol. The van der Waals surface area contributed by atoms with Gasteiger partial charge in [-0.3, -0.25) is 4.98 Å². The number of anilines is 1. The Morgan fingerprint density at radius 3 is 2.83 bits per heavy atom. The molecule has 7 heteroatoms. The van der Waals surface area contributed by atoms with Gasteiger partial charge in [-0.1, -0.05) is 0 Å². The molecule has 23 heavy (non-hydrogen) atoms. The minimum atomic E-state index is 0.211. The van der Waals surface area contributed by atoms with E-state index in [4.69, 9.17) is 0 Å². The van der Waals surface area contributed by atoms with Gasteiger partial charge < -0.3 is 9.88 Å². The normalized spacial score (nSPS) is 17.6. The van der Waals surface area contributed by atoms with Crippen LogP contribution in [0.25, 0.3) is 11.5 Å². The summed E-state index contributed by atoms with van der Waals surface area (Å²) in [4.78, 5) is 27.3. The minimum Gasteiger partial charge on any atom is -0.348 e. The molecule has 1 saturated heterocycles. The zero-order chi connectivity index (χ0) is 15.6. The summed E-state index contributed by atoms with van der Waals surface area (Å²) in [5.41, 5.74) is 1.72. The molecule has 0 radical (unpaired) electrons. The van der Waals surface area contributed by atoms with Crippen LogP contribution in [0, 0.1) is 6.92 Å². The fourth-order valence-corrected chi connectivity index (χ4v) is 2.99. The standard InChI is InChI=1S/C16H17N7/c1-11-17-5-4-15(22-11)23-8-2-3-14(23)12-9-21-13(10-20-12)16-18-6-7-19-16/h4-7,9-10,14H,2-3,8H2,1H3,(H,18,19). The van der Waals surface area contributed by atoms with Gasteiger partial charge in [0.25, 0.3) is 0 Å². The van der Waals surface area contributed by atoms with Crippen molar-refractivity contribution in [3.63, 3.8) is 0 Å². The molecule has 1 N–H and O–H groups in total. The number of imidazole rings is 1. The molecule has 0 aliphatic carbocycles. The second-order valence-corrected chi connectivity index (χ2v) is 5.58. The van der Waals surface area contributed by atoms with E-state index in [2.05, 4.69) is 34.8 Å². The molecule has 3 aromatic rings. The molecule has 7 nitrogen and oxygen atoms in total.